The summed E-state index contributed by atoms with van der Waals surface area (Å²) in [5, 5.41) is 24.9. The van der Waals surface area contributed by atoms with Crippen molar-refractivity contribution < 1.29 is 5.11 Å². The number of nitrogens with zero attached hydrogens (tertiary/aromatic N) is 4. The summed E-state index contributed by atoms with van der Waals surface area (Å²) in [4.78, 5) is 4.39. The van der Waals surface area contributed by atoms with Crippen molar-refractivity contribution in [2.75, 3.05) is 0 Å². The Kier molecular flexibility index (Phi) is 7.38. The topological polar surface area (TPSA) is 105 Å². The van der Waals surface area contributed by atoms with Gasteiger partial charge in [-0.25, -0.2) is 0 Å². The molecule has 10 heteroatoms. The lowest BCUT2D eigenvalue weighted by molar-refractivity contribution is 0.156. The van der Waals surface area contributed by atoms with E-state index in [9.17, 15) is 5.11 Å². The van der Waals surface area contributed by atoms with Crippen molar-refractivity contribution in [1.29, 1.82) is 5.41 Å². The highest BCUT2D eigenvalue weighted by Crippen LogP contribution is 2.27. The van der Waals surface area contributed by atoms with Crippen LogP contribution < -0.4 is 11.5 Å². The van der Waals surface area contributed by atoms with Crippen LogP contribution in [0.4, 0.5) is 5.69 Å². The molecule has 0 fully saturated rings. The third kappa shape index (κ3) is 5.18. The highest BCUT2D eigenvalue weighted by atomic mass is 35.5. The molecule has 0 saturated carbocycles. The molecule has 0 saturated heterocycles. The smallest absolute Gasteiger partial charge is 0.203 e. The molecule has 1 aromatic heterocycles. The number of imidazole rings is 1. The molecule has 174 valence electrons. The third-order valence-corrected chi connectivity index (χ3v) is 6.29. The van der Waals surface area contributed by atoms with Crippen molar-refractivity contribution in [3.63, 3.8) is 0 Å². The lowest BCUT2D eigenvalue weighted by atomic mass is 10.1. The maximum atomic E-state index is 10.9. The molecule has 4 rings (SSSR count). The van der Waals surface area contributed by atoms with E-state index < -0.39 is 6.10 Å². The molecule has 3 aromatic carbocycles. The molecule has 0 bridgehead atoms. The number of aromatic nitrogens is 2. The van der Waals surface area contributed by atoms with E-state index in [0.717, 1.165) is 11.0 Å². The van der Waals surface area contributed by atoms with Crippen LogP contribution in [-0.4, -0.2) is 26.2 Å². The molecule has 4 aromatic rings. The summed E-state index contributed by atoms with van der Waals surface area (Å²) in [5.74, 6) is 5.62. The first kappa shape index (κ1) is 24.0. The SMILES string of the molecule is N=c1n(CC(C=Nc2cccc(Cl)c2)=NN)c2ccccc2n1CC(O)c1ccc(Cl)c(Cl)c1. The van der Waals surface area contributed by atoms with Crippen molar-refractivity contribution in [3.8, 4) is 0 Å². The van der Waals surface area contributed by atoms with Gasteiger partial charge in [0.2, 0.25) is 5.62 Å². The minimum Gasteiger partial charge on any atom is -0.387 e. The Morgan fingerprint density at radius 1 is 0.971 bits per heavy atom. The van der Waals surface area contributed by atoms with E-state index in [1.807, 2.05) is 30.3 Å². The number of fused-ring (bicyclic) bond motifs is 1. The molecule has 0 aliphatic carbocycles. The maximum Gasteiger partial charge on any atom is 0.203 e. The lowest BCUT2D eigenvalue weighted by Gasteiger charge is -2.13. The average Bonchev–Trinajstić information content (AvgIpc) is 3.09. The lowest BCUT2D eigenvalue weighted by Crippen LogP contribution is -2.29. The first-order valence-electron chi connectivity index (χ1n) is 10.3. The number of nitrogens with two attached hydrogens (primary N) is 1. The van der Waals surface area contributed by atoms with Crippen LogP contribution in [0.2, 0.25) is 15.1 Å². The summed E-state index contributed by atoms with van der Waals surface area (Å²) in [5.41, 5.74) is 3.50. The summed E-state index contributed by atoms with van der Waals surface area (Å²) in [6.45, 7) is 0.367. The number of aliphatic hydroxyl groups is 1. The zero-order valence-electron chi connectivity index (χ0n) is 17.9. The summed E-state index contributed by atoms with van der Waals surface area (Å²) in [6.07, 6.45) is 0.657. The van der Waals surface area contributed by atoms with Crippen LogP contribution in [0.15, 0.2) is 76.8 Å². The second kappa shape index (κ2) is 10.4. The fourth-order valence-electron chi connectivity index (χ4n) is 3.62. The van der Waals surface area contributed by atoms with Crippen molar-refractivity contribution in [2.45, 2.75) is 19.2 Å². The molecular weight excluding hydrogens is 495 g/mol. The molecule has 34 heavy (non-hydrogen) atoms. The standard InChI is InChI=1S/C24H21Cl3N6O/c25-16-4-3-5-17(11-16)30-12-18(31-29)13-32-21-6-1-2-7-22(21)33(24(32)28)14-23(34)15-8-9-19(26)20(27)10-15/h1-12,23,28,34H,13-14,29H2. The number of rotatable bonds is 7. The van der Waals surface area contributed by atoms with E-state index in [1.54, 1.807) is 51.7 Å². The maximum absolute atomic E-state index is 10.9. The van der Waals surface area contributed by atoms with Crippen LogP contribution in [-0.2, 0) is 13.1 Å². The third-order valence-electron chi connectivity index (χ3n) is 5.32. The van der Waals surface area contributed by atoms with Crippen molar-refractivity contribution in [3.05, 3.63) is 93.0 Å². The van der Waals surface area contributed by atoms with E-state index in [1.165, 1.54) is 0 Å². The van der Waals surface area contributed by atoms with Gasteiger partial charge >= 0.3 is 0 Å². The number of aliphatic hydroxyl groups excluding tert-OH is 1. The van der Waals surface area contributed by atoms with Crippen LogP contribution in [0, 0.1) is 5.41 Å². The normalized spacial score (nSPS) is 13.1. The monoisotopic (exact) mass is 514 g/mol. The largest absolute Gasteiger partial charge is 0.387 e. The Morgan fingerprint density at radius 3 is 2.38 bits per heavy atom. The number of para-hydroxylation sites is 2. The second-order valence-electron chi connectivity index (χ2n) is 7.56. The minimum absolute atomic E-state index is 0.149. The zero-order valence-corrected chi connectivity index (χ0v) is 20.1. The molecule has 7 nitrogen and oxygen atoms in total. The van der Waals surface area contributed by atoms with Gasteiger partial charge in [-0.2, -0.15) is 5.10 Å². The molecule has 0 aliphatic rings. The average molecular weight is 516 g/mol. The summed E-state index contributed by atoms with van der Waals surface area (Å²) in [6, 6.07) is 19.7. The predicted molar refractivity (Wildman–Crippen MR) is 138 cm³/mol. The summed E-state index contributed by atoms with van der Waals surface area (Å²) >= 11 is 18.1. The van der Waals surface area contributed by atoms with E-state index >= 15 is 0 Å². The number of hydrogen-bond donors (Lipinski definition) is 3. The Balaban J connectivity index is 1.65. The molecule has 1 atom stereocenters. The first-order valence-corrected chi connectivity index (χ1v) is 11.4. The molecule has 1 unspecified atom stereocenters. The van der Waals surface area contributed by atoms with Gasteiger partial charge in [-0.05, 0) is 48.0 Å². The Hall–Kier alpha value is -3.10. The van der Waals surface area contributed by atoms with Gasteiger partial charge in [-0.15, -0.1) is 0 Å². The number of benzene rings is 3. The van der Waals surface area contributed by atoms with Gasteiger partial charge in [0, 0.05) is 5.02 Å². The molecular formula is C24H21Cl3N6O. The van der Waals surface area contributed by atoms with Gasteiger partial charge < -0.3 is 20.1 Å². The van der Waals surface area contributed by atoms with Gasteiger partial charge in [0.25, 0.3) is 0 Å². The van der Waals surface area contributed by atoms with Gasteiger partial charge in [-0.1, -0.05) is 59.1 Å². The molecule has 0 aliphatic heterocycles. The Bertz CT molecular complexity index is 1460. The van der Waals surface area contributed by atoms with Crippen LogP contribution in [0.25, 0.3) is 11.0 Å². The van der Waals surface area contributed by atoms with E-state index in [4.69, 9.17) is 46.1 Å². The Morgan fingerprint density at radius 2 is 1.71 bits per heavy atom. The number of hydrazone groups is 1. The van der Waals surface area contributed by atoms with Crippen molar-refractivity contribution in [1.82, 2.24) is 9.13 Å². The summed E-state index contributed by atoms with van der Waals surface area (Å²) in [7, 11) is 0. The van der Waals surface area contributed by atoms with E-state index in [0.29, 0.717) is 32.0 Å². The number of hydrogen-bond acceptors (Lipinski definition) is 5. The second-order valence-corrected chi connectivity index (χ2v) is 8.81. The van der Waals surface area contributed by atoms with E-state index in [-0.39, 0.29) is 18.7 Å². The summed E-state index contributed by atoms with van der Waals surface area (Å²) < 4.78 is 3.48. The number of halogens is 3. The molecule has 4 N–H and O–H groups in total. The first-order chi connectivity index (χ1) is 16.4. The molecule has 1 heterocycles. The van der Waals surface area contributed by atoms with Crippen LogP contribution in [0.1, 0.15) is 11.7 Å². The fraction of sp³-hybridized carbons (Fsp3) is 0.125. The van der Waals surface area contributed by atoms with Crippen molar-refractivity contribution in [2.24, 2.45) is 15.9 Å². The molecule has 0 amide bonds. The Labute approximate surface area is 210 Å². The van der Waals surface area contributed by atoms with E-state index in [2.05, 4.69) is 10.1 Å². The van der Waals surface area contributed by atoms with Crippen LogP contribution >= 0.6 is 34.8 Å². The van der Waals surface area contributed by atoms with Gasteiger partial charge in [0.05, 0.1) is 57.9 Å². The molecule has 0 radical (unpaired) electrons. The quantitative estimate of drug-likeness (QED) is 0.176. The van der Waals surface area contributed by atoms with Crippen molar-refractivity contribution >= 4 is 63.4 Å². The van der Waals surface area contributed by atoms with Crippen LogP contribution in [0.3, 0.4) is 0 Å². The van der Waals surface area contributed by atoms with Gasteiger partial charge in [0.15, 0.2) is 0 Å². The van der Waals surface area contributed by atoms with Crippen LogP contribution in [0.5, 0.6) is 0 Å². The zero-order chi connectivity index (χ0) is 24.2. The number of aliphatic imine (C=N–C) groups is 1. The predicted octanol–water partition coefficient (Wildman–Crippen LogP) is 5.33. The molecule has 0 spiro atoms. The van der Waals surface area contributed by atoms with Gasteiger partial charge in [0.1, 0.15) is 0 Å². The fourth-order valence-corrected chi connectivity index (χ4v) is 4.11. The number of nitrogens with one attached hydrogen (secondary N) is 1. The highest BCUT2D eigenvalue weighted by molar-refractivity contribution is 6.42. The van der Waals surface area contributed by atoms with Gasteiger partial charge in [-0.3, -0.25) is 10.4 Å². The highest BCUT2D eigenvalue weighted by Gasteiger charge is 2.17. The minimum atomic E-state index is -0.893.